The lowest BCUT2D eigenvalue weighted by molar-refractivity contribution is 0.102. The summed E-state index contributed by atoms with van der Waals surface area (Å²) in [5.41, 5.74) is 3.56. The largest absolute Gasteiger partial charge is 0.357 e. The van der Waals surface area contributed by atoms with E-state index in [0.717, 1.165) is 32.5 Å². The molecule has 3 aromatic heterocycles. The van der Waals surface area contributed by atoms with Crippen molar-refractivity contribution in [3.63, 3.8) is 0 Å². The minimum Gasteiger partial charge on any atom is -0.357 e. The van der Waals surface area contributed by atoms with Crippen molar-refractivity contribution in [3.8, 4) is 0 Å². The summed E-state index contributed by atoms with van der Waals surface area (Å²) in [4.78, 5) is 22.9. The Morgan fingerprint density at radius 2 is 1.73 bits per heavy atom. The summed E-state index contributed by atoms with van der Waals surface area (Å²) in [5.74, 6) is 0.627. The monoisotopic (exact) mass is 414 g/mol. The standard InChI is InChI=1S/C24H22N4OS/c1-16-11-13-26-21(14-16)27-22(20-10-6-7-12-25-20)19-15-17(2)30-24(19)28-23(29)18-8-4-3-5-9-18/h3-15,22H,1-2H3,(H,26,27)(H,28,29)/t22-/m0/s1. The van der Waals surface area contributed by atoms with E-state index in [1.165, 1.54) is 0 Å². The molecule has 0 aliphatic rings. The number of thiophene rings is 1. The van der Waals surface area contributed by atoms with Crippen molar-refractivity contribution < 1.29 is 4.79 Å². The van der Waals surface area contributed by atoms with Crippen LogP contribution in [0.15, 0.2) is 79.1 Å². The molecule has 4 rings (SSSR count). The van der Waals surface area contributed by atoms with E-state index in [2.05, 4.69) is 26.7 Å². The maximum Gasteiger partial charge on any atom is 0.256 e. The Morgan fingerprint density at radius 1 is 0.933 bits per heavy atom. The summed E-state index contributed by atoms with van der Waals surface area (Å²) < 4.78 is 0. The van der Waals surface area contributed by atoms with Gasteiger partial charge in [0.2, 0.25) is 0 Å². The number of aromatic nitrogens is 2. The van der Waals surface area contributed by atoms with Crippen LogP contribution in [0.5, 0.6) is 0 Å². The Balaban J connectivity index is 1.71. The van der Waals surface area contributed by atoms with Gasteiger partial charge in [-0.15, -0.1) is 11.3 Å². The molecule has 0 fully saturated rings. The number of amides is 1. The van der Waals surface area contributed by atoms with Crippen LogP contribution in [0.4, 0.5) is 10.8 Å². The lowest BCUT2D eigenvalue weighted by Crippen LogP contribution is -2.17. The zero-order valence-corrected chi connectivity index (χ0v) is 17.6. The number of hydrogen-bond acceptors (Lipinski definition) is 5. The third-order valence-electron chi connectivity index (χ3n) is 4.65. The molecule has 30 heavy (non-hydrogen) atoms. The Hall–Kier alpha value is -3.51. The van der Waals surface area contributed by atoms with E-state index in [1.54, 1.807) is 35.9 Å². The second kappa shape index (κ2) is 8.88. The number of anilines is 2. The van der Waals surface area contributed by atoms with Gasteiger partial charge in [0, 0.05) is 28.4 Å². The van der Waals surface area contributed by atoms with Crippen molar-refractivity contribution in [1.82, 2.24) is 9.97 Å². The number of benzene rings is 1. The minimum absolute atomic E-state index is 0.132. The van der Waals surface area contributed by atoms with Gasteiger partial charge in [-0.1, -0.05) is 24.3 Å². The Kier molecular flexibility index (Phi) is 5.86. The SMILES string of the molecule is Cc1ccnc(N[C@H](c2ccccn2)c2cc(C)sc2NC(=O)c2ccccc2)c1. The highest BCUT2D eigenvalue weighted by Crippen LogP contribution is 2.37. The van der Waals surface area contributed by atoms with E-state index in [9.17, 15) is 4.79 Å². The highest BCUT2D eigenvalue weighted by molar-refractivity contribution is 7.16. The molecule has 6 heteroatoms. The summed E-state index contributed by atoms with van der Waals surface area (Å²) in [6.07, 6.45) is 3.55. The van der Waals surface area contributed by atoms with E-state index in [4.69, 9.17) is 0 Å². The average Bonchev–Trinajstić information content (AvgIpc) is 3.13. The maximum atomic E-state index is 12.8. The average molecular weight is 415 g/mol. The Morgan fingerprint density at radius 3 is 2.47 bits per heavy atom. The smallest absolute Gasteiger partial charge is 0.256 e. The van der Waals surface area contributed by atoms with E-state index in [1.807, 2.05) is 62.4 Å². The van der Waals surface area contributed by atoms with Crippen molar-refractivity contribution in [1.29, 1.82) is 0 Å². The van der Waals surface area contributed by atoms with Crippen LogP contribution in [-0.4, -0.2) is 15.9 Å². The molecular weight excluding hydrogens is 392 g/mol. The quantitative estimate of drug-likeness (QED) is 0.430. The first kappa shape index (κ1) is 19.8. The molecule has 0 aliphatic carbocycles. The minimum atomic E-state index is -0.253. The van der Waals surface area contributed by atoms with Crippen LogP contribution < -0.4 is 10.6 Å². The van der Waals surface area contributed by atoms with Crippen molar-refractivity contribution in [2.75, 3.05) is 10.6 Å². The van der Waals surface area contributed by atoms with E-state index in [0.29, 0.717) is 5.56 Å². The lowest BCUT2D eigenvalue weighted by atomic mass is 10.0. The van der Waals surface area contributed by atoms with Gasteiger partial charge in [0.15, 0.2) is 0 Å². The Labute approximate surface area is 179 Å². The van der Waals surface area contributed by atoms with Crippen LogP contribution in [0.3, 0.4) is 0 Å². The molecule has 150 valence electrons. The first-order valence-corrected chi connectivity index (χ1v) is 10.5. The molecular formula is C24H22N4OS. The zero-order chi connectivity index (χ0) is 20.9. The summed E-state index contributed by atoms with van der Waals surface area (Å²) in [7, 11) is 0. The molecule has 3 heterocycles. The number of pyridine rings is 2. The number of carbonyl (C=O) groups excluding carboxylic acids is 1. The van der Waals surface area contributed by atoms with Crippen LogP contribution in [0.25, 0.3) is 0 Å². The van der Waals surface area contributed by atoms with Crippen molar-refractivity contribution >= 4 is 28.1 Å². The highest BCUT2D eigenvalue weighted by atomic mass is 32.1. The zero-order valence-electron chi connectivity index (χ0n) is 16.8. The fourth-order valence-electron chi connectivity index (χ4n) is 3.23. The number of aryl methyl sites for hydroxylation is 2. The summed E-state index contributed by atoms with van der Waals surface area (Å²) in [6.45, 7) is 4.07. The van der Waals surface area contributed by atoms with Crippen LogP contribution in [0, 0.1) is 13.8 Å². The molecule has 1 atom stereocenters. The first-order valence-electron chi connectivity index (χ1n) is 9.67. The molecule has 0 saturated carbocycles. The van der Waals surface area contributed by atoms with E-state index >= 15 is 0 Å². The van der Waals surface area contributed by atoms with E-state index in [-0.39, 0.29) is 11.9 Å². The number of hydrogen-bond donors (Lipinski definition) is 2. The molecule has 2 N–H and O–H groups in total. The molecule has 1 aromatic carbocycles. The number of carbonyl (C=O) groups is 1. The van der Waals surface area contributed by atoms with Gasteiger partial charge in [-0.2, -0.15) is 0 Å². The van der Waals surface area contributed by atoms with E-state index < -0.39 is 0 Å². The van der Waals surface area contributed by atoms with Gasteiger partial charge in [-0.05, 0) is 61.9 Å². The third-order valence-corrected chi connectivity index (χ3v) is 5.63. The molecule has 0 spiro atoms. The van der Waals surface area contributed by atoms with Crippen LogP contribution >= 0.6 is 11.3 Å². The highest BCUT2D eigenvalue weighted by Gasteiger charge is 2.23. The molecule has 1 amide bonds. The molecule has 0 aliphatic heterocycles. The predicted octanol–water partition coefficient (Wildman–Crippen LogP) is 5.61. The second-order valence-corrected chi connectivity index (χ2v) is 8.27. The van der Waals surface area contributed by atoms with Gasteiger partial charge in [0.05, 0.1) is 11.7 Å². The second-order valence-electron chi connectivity index (χ2n) is 7.01. The summed E-state index contributed by atoms with van der Waals surface area (Å²) >= 11 is 1.55. The van der Waals surface area contributed by atoms with Crippen molar-refractivity contribution in [3.05, 3.63) is 106 Å². The molecule has 4 aromatic rings. The van der Waals surface area contributed by atoms with Crippen molar-refractivity contribution in [2.45, 2.75) is 19.9 Å². The van der Waals surface area contributed by atoms with Crippen LogP contribution in [0.2, 0.25) is 0 Å². The molecule has 0 saturated heterocycles. The fraction of sp³-hybridized carbons (Fsp3) is 0.125. The van der Waals surface area contributed by atoms with Crippen molar-refractivity contribution in [2.24, 2.45) is 0 Å². The number of rotatable bonds is 6. The molecule has 0 unspecified atom stereocenters. The van der Waals surface area contributed by atoms with Crippen LogP contribution in [0.1, 0.15) is 38.1 Å². The number of nitrogens with zero attached hydrogens (tertiary/aromatic N) is 2. The first-order chi connectivity index (χ1) is 14.6. The fourth-order valence-corrected chi connectivity index (χ4v) is 4.18. The topological polar surface area (TPSA) is 66.9 Å². The van der Waals surface area contributed by atoms with Gasteiger partial charge in [-0.3, -0.25) is 9.78 Å². The molecule has 0 radical (unpaired) electrons. The maximum absolute atomic E-state index is 12.8. The summed E-state index contributed by atoms with van der Waals surface area (Å²) in [6, 6.07) is 20.8. The molecule has 0 bridgehead atoms. The van der Waals surface area contributed by atoms with Crippen LogP contribution in [-0.2, 0) is 0 Å². The number of nitrogens with one attached hydrogen (secondary N) is 2. The normalized spacial score (nSPS) is 11.7. The van der Waals surface area contributed by atoms with Gasteiger partial charge in [0.1, 0.15) is 10.8 Å². The van der Waals surface area contributed by atoms with Gasteiger partial charge in [0.25, 0.3) is 5.91 Å². The predicted molar refractivity (Wildman–Crippen MR) is 122 cm³/mol. The van der Waals surface area contributed by atoms with Gasteiger partial charge < -0.3 is 10.6 Å². The Bertz CT molecular complexity index is 1140. The van der Waals surface area contributed by atoms with Gasteiger partial charge in [-0.25, -0.2) is 4.98 Å². The lowest BCUT2D eigenvalue weighted by Gasteiger charge is -2.20. The van der Waals surface area contributed by atoms with Gasteiger partial charge >= 0.3 is 0 Å². The summed E-state index contributed by atoms with van der Waals surface area (Å²) in [5, 5.41) is 7.39. The molecule has 5 nitrogen and oxygen atoms in total. The third kappa shape index (κ3) is 4.55.